The maximum absolute atomic E-state index is 12.6. The average Bonchev–Trinajstić information content (AvgIpc) is 2.75. The molecule has 0 aliphatic heterocycles. The number of carboxylic acid groups (broad SMARTS) is 1. The summed E-state index contributed by atoms with van der Waals surface area (Å²) in [5, 5.41) is 16.3. The SMILES string of the molecule is O=C([O-])[C@H]1CCCC[C@H]1C(=O)Nc1ccc(Oc2cccc3ccccc23)cc1. The molecule has 2 atom stereocenters. The zero-order chi connectivity index (χ0) is 20.2. The number of fused-ring (bicyclic) bond motifs is 1. The highest BCUT2D eigenvalue weighted by Crippen LogP contribution is 2.32. The maximum Gasteiger partial charge on any atom is 0.228 e. The molecule has 5 heteroatoms. The molecule has 1 aliphatic carbocycles. The summed E-state index contributed by atoms with van der Waals surface area (Å²) in [5.41, 5.74) is 0.614. The molecule has 1 saturated carbocycles. The molecule has 3 aromatic carbocycles. The molecular formula is C24H22NO4-. The summed E-state index contributed by atoms with van der Waals surface area (Å²) in [6, 6.07) is 21.0. The van der Waals surface area contributed by atoms with E-state index in [4.69, 9.17) is 4.74 Å². The number of benzene rings is 3. The molecule has 5 nitrogen and oxygen atoms in total. The van der Waals surface area contributed by atoms with Crippen LogP contribution in [0.5, 0.6) is 11.5 Å². The smallest absolute Gasteiger partial charge is 0.228 e. The van der Waals surface area contributed by atoms with Crippen LogP contribution in [0.2, 0.25) is 0 Å². The summed E-state index contributed by atoms with van der Waals surface area (Å²) in [4.78, 5) is 23.9. The van der Waals surface area contributed by atoms with Crippen LogP contribution in [0.1, 0.15) is 25.7 Å². The summed E-state index contributed by atoms with van der Waals surface area (Å²) in [6.45, 7) is 0. The molecule has 1 amide bonds. The van der Waals surface area contributed by atoms with Gasteiger partial charge in [-0.2, -0.15) is 0 Å². The van der Waals surface area contributed by atoms with Crippen molar-refractivity contribution in [2.75, 3.05) is 5.32 Å². The number of amides is 1. The molecule has 0 saturated heterocycles. The van der Waals surface area contributed by atoms with E-state index in [1.54, 1.807) is 24.3 Å². The van der Waals surface area contributed by atoms with E-state index < -0.39 is 17.8 Å². The van der Waals surface area contributed by atoms with Crippen molar-refractivity contribution >= 4 is 28.3 Å². The fourth-order valence-electron chi connectivity index (χ4n) is 3.98. The van der Waals surface area contributed by atoms with Gasteiger partial charge in [0.1, 0.15) is 11.5 Å². The molecule has 4 rings (SSSR count). The second-order valence-corrected chi connectivity index (χ2v) is 7.41. The number of carbonyl (C=O) groups is 2. The molecular weight excluding hydrogens is 366 g/mol. The number of aliphatic carboxylic acids is 1. The number of hydrogen-bond donors (Lipinski definition) is 1. The van der Waals surface area contributed by atoms with Crippen molar-refractivity contribution in [1.82, 2.24) is 0 Å². The van der Waals surface area contributed by atoms with E-state index in [9.17, 15) is 14.7 Å². The summed E-state index contributed by atoms with van der Waals surface area (Å²) < 4.78 is 6.02. The molecule has 0 heterocycles. The second kappa shape index (κ2) is 8.35. The molecule has 0 aromatic heterocycles. The Labute approximate surface area is 169 Å². The number of anilines is 1. The summed E-state index contributed by atoms with van der Waals surface area (Å²) in [5.74, 6) is -1.23. The Morgan fingerprint density at radius 3 is 2.31 bits per heavy atom. The molecule has 0 bridgehead atoms. The Bertz CT molecular complexity index is 1020. The van der Waals surface area contributed by atoms with Gasteiger partial charge in [-0.25, -0.2) is 0 Å². The fourth-order valence-corrected chi connectivity index (χ4v) is 3.98. The first kappa shape index (κ1) is 19.0. The monoisotopic (exact) mass is 388 g/mol. The van der Waals surface area contributed by atoms with Crippen LogP contribution in [-0.4, -0.2) is 11.9 Å². The van der Waals surface area contributed by atoms with Gasteiger partial charge in [-0.3, -0.25) is 4.79 Å². The highest BCUT2D eigenvalue weighted by atomic mass is 16.5. The Hall–Kier alpha value is -3.34. The van der Waals surface area contributed by atoms with Crippen molar-refractivity contribution in [3.05, 3.63) is 66.7 Å². The van der Waals surface area contributed by atoms with Gasteiger partial charge in [0, 0.05) is 28.9 Å². The molecule has 3 aromatic rings. The first-order chi connectivity index (χ1) is 14.1. The predicted octanol–water partition coefficient (Wildman–Crippen LogP) is 4.13. The second-order valence-electron chi connectivity index (χ2n) is 7.41. The van der Waals surface area contributed by atoms with E-state index >= 15 is 0 Å². The molecule has 1 aliphatic rings. The Kier molecular flexibility index (Phi) is 5.47. The summed E-state index contributed by atoms with van der Waals surface area (Å²) in [7, 11) is 0. The van der Waals surface area contributed by atoms with Crippen molar-refractivity contribution < 1.29 is 19.4 Å². The lowest BCUT2D eigenvalue weighted by Crippen LogP contribution is -2.42. The lowest BCUT2D eigenvalue weighted by atomic mass is 9.78. The van der Waals surface area contributed by atoms with Gasteiger partial charge in [-0.15, -0.1) is 0 Å². The van der Waals surface area contributed by atoms with Crippen molar-refractivity contribution in [3.63, 3.8) is 0 Å². The van der Waals surface area contributed by atoms with E-state index in [0.29, 0.717) is 24.3 Å². The van der Waals surface area contributed by atoms with Crippen LogP contribution < -0.4 is 15.2 Å². The van der Waals surface area contributed by atoms with Gasteiger partial charge in [0.05, 0.1) is 0 Å². The van der Waals surface area contributed by atoms with Gasteiger partial charge < -0.3 is 20.0 Å². The van der Waals surface area contributed by atoms with E-state index in [1.165, 1.54) is 0 Å². The average molecular weight is 388 g/mol. The third kappa shape index (κ3) is 4.24. The van der Waals surface area contributed by atoms with Crippen LogP contribution in [0.25, 0.3) is 10.8 Å². The van der Waals surface area contributed by atoms with Crippen molar-refractivity contribution in [1.29, 1.82) is 0 Å². The first-order valence-electron chi connectivity index (χ1n) is 9.89. The van der Waals surface area contributed by atoms with E-state index in [1.807, 2.05) is 42.5 Å². The first-order valence-corrected chi connectivity index (χ1v) is 9.89. The summed E-state index contributed by atoms with van der Waals surface area (Å²) in [6.07, 6.45) is 2.76. The Balaban J connectivity index is 1.45. The van der Waals surface area contributed by atoms with E-state index in [2.05, 4.69) is 5.32 Å². The van der Waals surface area contributed by atoms with Gasteiger partial charge in [-0.05, 0) is 48.6 Å². The van der Waals surface area contributed by atoms with E-state index in [0.717, 1.165) is 29.4 Å². The minimum atomic E-state index is -1.14. The van der Waals surface area contributed by atoms with Crippen LogP contribution in [0.4, 0.5) is 5.69 Å². The van der Waals surface area contributed by atoms with Crippen LogP contribution in [0, 0.1) is 11.8 Å². The number of rotatable bonds is 5. The Morgan fingerprint density at radius 1 is 0.862 bits per heavy atom. The fraction of sp³-hybridized carbons (Fsp3) is 0.250. The van der Waals surface area contributed by atoms with Gasteiger partial charge in [0.25, 0.3) is 0 Å². The van der Waals surface area contributed by atoms with Crippen molar-refractivity contribution in [3.8, 4) is 11.5 Å². The van der Waals surface area contributed by atoms with Gasteiger partial charge in [0.2, 0.25) is 5.91 Å². The molecule has 0 radical (unpaired) electrons. The van der Waals surface area contributed by atoms with E-state index in [-0.39, 0.29) is 5.91 Å². The number of carboxylic acids is 1. The summed E-state index contributed by atoms with van der Waals surface area (Å²) >= 11 is 0. The van der Waals surface area contributed by atoms with Crippen LogP contribution in [0.15, 0.2) is 66.7 Å². The molecule has 0 unspecified atom stereocenters. The van der Waals surface area contributed by atoms with Crippen LogP contribution >= 0.6 is 0 Å². The quantitative estimate of drug-likeness (QED) is 0.713. The minimum Gasteiger partial charge on any atom is -0.550 e. The lowest BCUT2D eigenvalue weighted by Gasteiger charge is -2.31. The third-order valence-corrected chi connectivity index (χ3v) is 5.50. The number of carbonyl (C=O) groups excluding carboxylic acids is 2. The maximum atomic E-state index is 12.6. The minimum absolute atomic E-state index is 0.262. The highest BCUT2D eigenvalue weighted by Gasteiger charge is 2.31. The number of nitrogens with one attached hydrogen (secondary N) is 1. The predicted molar refractivity (Wildman–Crippen MR) is 110 cm³/mol. The van der Waals surface area contributed by atoms with Gasteiger partial charge in [0.15, 0.2) is 0 Å². The molecule has 0 spiro atoms. The largest absolute Gasteiger partial charge is 0.550 e. The van der Waals surface area contributed by atoms with Gasteiger partial charge >= 0.3 is 0 Å². The zero-order valence-corrected chi connectivity index (χ0v) is 16.0. The highest BCUT2D eigenvalue weighted by molar-refractivity contribution is 5.95. The zero-order valence-electron chi connectivity index (χ0n) is 16.0. The van der Waals surface area contributed by atoms with Crippen LogP contribution in [0.3, 0.4) is 0 Å². The molecule has 1 N–H and O–H groups in total. The third-order valence-electron chi connectivity index (χ3n) is 5.50. The lowest BCUT2D eigenvalue weighted by molar-refractivity contribution is -0.313. The normalized spacial score (nSPS) is 18.9. The topological polar surface area (TPSA) is 78.5 Å². The number of ether oxygens (including phenoxy) is 1. The van der Waals surface area contributed by atoms with Crippen molar-refractivity contribution in [2.45, 2.75) is 25.7 Å². The van der Waals surface area contributed by atoms with Gasteiger partial charge in [-0.1, -0.05) is 49.2 Å². The number of hydrogen-bond acceptors (Lipinski definition) is 4. The molecule has 1 fully saturated rings. The molecule has 29 heavy (non-hydrogen) atoms. The van der Waals surface area contributed by atoms with Crippen LogP contribution in [-0.2, 0) is 9.59 Å². The Morgan fingerprint density at radius 2 is 1.55 bits per heavy atom. The standard InChI is InChI=1S/C24H23NO4/c26-23(20-9-3-4-10-21(20)24(27)28)25-17-12-14-18(15-13-17)29-22-11-5-7-16-6-1-2-8-19(16)22/h1-2,5-8,11-15,20-21H,3-4,9-10H2,(H,25,26)(H,27,28)/p-1/t20-,21+/m1/s1. The van der Waals surface area contributed by atoms with Crippen molar-refractivity contribution in [2.24, 2.45) is 11.8 Å². The molecule has 148 valence electrons.